The molecule has 0 bridgehead atoms. The van der Waals surface area contributed by atoms with E-state index in [1.54, 1.807) is 0 Å². The molecule has 122 valence electrons. The van der Waals surface area contributed by atoms with Crippen molar-refractivity contribution in [3.8, 4) is 0 Å². The molecule has 0 atom stereocenters. The van der Waals surface area contributed by atoms with Crippen LogP contribution < -0.4 is 0 Å². The summed E-state index contributed by atoms with van der Waals surface area (Å²) in [5.41, 5.74) is -0.252. The number of carbonyl (C=O) groups is 2. The second kappa shape index (κ2) is 10.8. The van der Waals surface area contributed by atoms with Gasteiger partial charge in [-0.3, -0.25) is 0 Å². The minimum atomic E-state index is -1.17. The average Bonchev–Trinajstić information content (AvgIpc) is 2.53. The molecule has 1 heterocycles. The van der Waals surface area contributed by atoms with Gasteiger partial charge in [0.25, 0.3) is 0 Å². The first-order valence-electron chi connectivity index (χ1n) is 8.02. The number of unbranched alkanes of at least 4 members (excludes halogenated alkanes) is 7. The number of carboxylic acid groups (broad SMARTS) is 1. The molecule has 0 fully saturated rings. The molecule has 1 N–H and O–H groups in total. The fourth-order valence-electron chi connectivity index (χ4n) is 2.21. The molecule has 5 nitrogen and oxygen atoms in total. The maximum Gasteiger partial charge on any atom is 0.357 e. The zero-order valence-electron chi connectivity index (χ0n) is 13.2. The lowest BCUT2D eigenvalue weighted by atomic mass is 10.1. The Morgan fingerprint density at radius 1 is 1.09 bits per heavy atom. The van der Waals surface area contributed by atoms with E-state index in [1.165, 1.54) is 50.4 Å². The molecule has 0 aliphatic carbocycles. The lowest BCUT2D eigenvalue weighted by Gasteiger charge is -2.06. The third-order valence-electron chi connectivity index (χ3n) is 3.46. The van der Waals surface area contributed by atoms with Crippen molar-refractivity contribution in [3.05, 3.63) is 29.6 Å². The molecule has 0 aliphatic heterocycles. The van der Waals surface area contributed by atoms with Crippen molar-refractivity contribution in [2.24, 2.45) is 0 Å². The highest BCUT2D eigenvalue weighted by atomic mass is 16.5. The smallest absolute Gasteiger partial charge is 0.357 e. The molecule has 1 aromatic heterocycles. The topological polar surface area (TPSA) is 76.5 Å². The lowest BCUT2D eigenvalue weighted by Crippen LogP contribution is -2.14. The monoisotopic (exact) mass is 307 g/mol. The first kappa shape index (κ1) is 18.1. The van der Waals surface area contributed by atoms with E-state index in [1.807, 2.05) is 0 Å². The predicted octanol–water partition coefficient (Wildman–Crippen LogP) is 4.08. The number of esters is 1. The molecule has 1 rings (SSSR count). The fraction of sp³-hybridized carbons (Fsp3) is 0.588. The van der Waals surface area contributed by atoms with Gasteiger partial charge in [0.15, 0.2) is 5.69 Å². The predicted molar refractivity (Wildman–Crippen MR) is 84.1 cm³/mol. The Balaban J connectivity index is 2.20. The van der Waals surface area contributed by atoms with Crippen LogP contribution in [0.25, 0.3) is 0 Å². The number of pyridine rings is 1. The summed E-state index contributed by atoms with van der Waals surface area (Å²) in [5.74, 6) is -1.84. The van der Waals surface area contributed by atoms with Crippen LogP contribution in [-0.4, -0.2) is 28.6 Å². The number of aromatic nitrogens is 1. The fourth-order valence-corrected chi connectivity index (χ4v) is 2.21. The van der Waals surface area contributed by atoms with Crippen LogP contribution >= 0.6 is 0 Å². The molecule has 0 saturated carbocycles. The highest BCUT2D eigenvalue weighted by molar-refractivity contribution is 6.00. The molecule has 0 spiro atoms. The van der Waals surface area contributed by atoms with Gasteiger partial charge < -0.3 is 9.84 Å². The van der Waals surface area contributed by atoms with Gasteiger partial charge in [-0.2, -0.15) is 0 Å². The molecule has 0 amide bonds. The summed E-state index contributed by atoms with van der Waals surface area (Å²) in [6.07, 6.45) is 10.7. The highest BCUT2D eigenvalue weighted by Crippen LogP contribution is 2.10. The summed E-state index contributed by atoms with van der Waals surface area (Å²) in [6, 6.07) is 2.83. The SMILES string of the molecule is CCCCCCCCCCOC(=O)c1ncccc1C(=O)O. The Hall–Kier alpha value is -1.91. The number of aromatic carboxylic acids is 1. The van der Waals surface area contributed by atoms with Crippen LogP contribution in [0.15, 0.2) is 18.3 Å². The van der Waals surface area contributed by atoms with Crippen LogP contribution in [0.1, 0.15) is 79.1 Å². The average molecular weight is 307 g/mol. The summed E-state index contributed by atoms with van der Waals surface area (Å²) in [6.45, 7) is 2.51. The van der Waals surface area contributed by atoms with Crippen molar-refractivity contribution >= 4 is 11.9 Å². The Morgan fingerprint density at radius 3 is 2.36 bits per heavy atom. The van der Waals surface area contributed by atoms with Gasteiger partial charge in [0, 0.05) is 6.20 Å². The number of nitrogens with zero attached hydrogens (tertiary/aromatic N) is 1. The van der Waals surface area contributed by atoms with Gasteiger partial charge in [0.1, 0.15) is 0 Å². The van der Waals surface area contributed by atoms with Gasteiger partial charge in [0.05, 0.1) is 12.2 Å². The van der Waals surface area contributed by atoms with Crippen LogP contribution in [-0.2, 0) is 4.74 Å². The van der Waals surface area contributed by atoms with Crippen molar-refractivity contribution in [1.82, 2.24) is 4.98 Å². The maximum absolute atomic E-state index is 11.8. The zero-order valence-corrected chi connectivity index (χ0v) is 13.2. The lowest BCUT2D eigenvalue weighted by molar-refractivity contribution is 0.0480. The van der Waals surface area contributed by atoms with E-state index in [-0.39, 0.29) is 11.3 Å². The van der Waals surface area contributed by atoms with Gasteiger partial charge in [-0.15, -0.1) is 0 Å². The Bertz CT molecular complexity index is 473. The van der Waals surface area contributed by atoms with E-state index in [0.29, 0.717) is 6.61 Å². The van der Waals surface area contributed by atoms with E-state index in [2.05, 4.69) is 11.9 Å². The molecule has 0 aliphatic rings. The van der Waals surface area contributed by atoms with Gasteiger partial charge in [-0.25, -0.2) is 14.6 Å². The quantitative estimate of drug-likeness (QED) is 0.492. The van der Waals surface area contributed by atoms with Crippen molar-refractivity contribution in [2.45, 2.75) is 58.3 Å². The molecule has 0 unspecified atom stereocenters. The molecular formula is C17H25NO4. The van der Waals surface area contributed by atoms with E-state index < -0.39 is 11.9 Å². The zero-order chi connectivity index (χ0) is 16.2. The van der Waals surface area contributed by atoms with Crippen LogP contribution in [0.4, 0.5) is 0 Å². The Morgan fingerprint density at radius 2 is 1.73 bits per heavy atom. The van der Waals surface area contributed by atoms with Crippen molar-refractivity contribution in [3.63, 3.8) is 0 Å². The number of hydrogen-bond donors (Lipinski definition) is 1. The van der Waals surface area contributed by atoms with E-state index in [9.17, 15) is 9.59 Å². The molecule has 22 heavy (non-hydrogen) atoms. The van der Waals surface area contributed by atoms with E-state index in [4.69, 9.17) is 9.84 Å². The van der Waals surface area contributed by atoms with Gasteiger partial charge in [0.2, 0.25) is 0 Å². The second-order valence-electron chi connectivity index (χ2n) is 5.32. The van der Waals surface area contributed by atoms with Crippen LogP contribution in [0.5, 0.6) is 0 Å². The maximum atomic E-state index is 11.8. The molecular weight excluding hydrogens is 282 g/mol. The third-order valence-corrected chi connectivity index (χ3v) is 3.46. The van der Waals surface area contributed by atoms with Gasteiger partial charge in [-0.05, 0) is 18.6 Å². The molecule has 0 radical (unpaired) electrons. The summed E-state index contributed by atoms with van der Waals surface area (Å²) < 4.78 is 5.10. The number of carboxylic acids is 1. The van der Waals surface area contributed by atoms with Crippen LogP contribution in [0.3, 0.4) is 0 Å². The number of hydrogen-bond acceptors (Lipinski definition) is 4. The van der Waals surface area contributed by atoms with Crippen LogP contribution in [0, 0.1) is 0 Å². The summed E-state index contributed by atoms with van der Waals surface area (Å²) in [5, 5.41) is 9.00. The second-order valence-corrected chi connectivity index (χ2v) is 5.32. The minimum Gasteiger partial charge on any atom is -0.478 e. The largest absolute Gasteiger partial charge is 0.478 e. The molecule has 0 saturated heterocycles. The number of rotatable bonds is 11. The summed E-state index contributed by atoms with van der Waals surface area (Å²) in [4.78, 5) is 26.6. The van der Waals surface area contributed by atoms with Crippen molar-refractivity contribution in [2.75, 3.05) is 6.61 Å². The number of ether oxygens (including phenoxy) is 1. The number of carbonyl (C=O) groups excluding carboxylic acids is 1. The molecule has 0 aromatic carbocycles. The van der Waals surface area contributed by atoms with Crippen molar-refractivity contribution in [1.29, 1.82) is 0 Å². The van der Waals surface area contributed by atoms with E-state index in [0.717, 1.165) is 19.3 Å². The molecule has 1 aromatic rings. The Kier molecular flexibility index (Phi) is 8.88. The van der Waals surface area contributed by atoms with Crippen LogP contribution in [0.2, 0.25) is 0 Å². The normalized spacial score (nSPS) is 10.4. The Labute approximate surface area is 131 Å². The highest BCUT2D eigenvalue weighted by Gasteiger charge is 2.18. The first-order valence-corrected chi connectivity index (χ1v) is 8.02. The van der Waals surface area contributed by atoms with Gasteiger partial charge in [-0.1, -0.05) is 51.9 Å². The summed E-state index contributed by atoms with van der Waals surface area (Å²) >= 11 is 0. The van der Waals surface area contributed by atoms with E-state index >= 15 is 0 Å². The first-order chi connectivity index (χ1) is 10.7. The third kappa shape index (κ3) is 6.70. The summed E-state index contributed by atoms with van der Waals surface area (Å²) in [7, 11) is 0. The van der Waals surface area contributed by atoms with Gasteiger partial charge >= 0.3 is 11.9 Å². The standard InChI is InChI=1S/C17H25NO4/c1-2-3-4-5-6-7-8-9-13-22-17(21)15-14(16(19)20)11-10-12-18-15/h10-12H,2-9,13H2,1H3,(H,19,20). The van der Waals surface area contributed by atoms with Crippen molar-refractivity contribution < 1.29 is 19.4 Å². The molecule has 5 heteroatoms. The minimum absolute atomic E-state index is 0.122.